The maximum absolute atomic E-state index is 13.6. The van der Waals surface area contributed by atoms with Crippen LogP contribution in [0.15, 0.2) is 12.7 Å². The number of rotatable bonds is 2. The summed E-state index contributed by atoms with van der Waals surface area (Å²) in [4.78, 5) is 13.1. The van der Waals surface area contributed by atoms with Crippen LogP contribution < -0.4 is 5.32 Å². The molecule has 0 aromatic heterocycles. The highest BCUT2D eigenvalue weighted by molar-refractivity contribution is 5.87. The van der Waals surface area contributed by atoms with Gasteiger partial charge in [-0.3, -0.25) is 9.69 Å². The predicted molar refractivity (Wildman–Crippen MR) is 58.3 cm³/mol. The summed E-state index contributed by atoms with van der Waals surface area (Å²) < 4.78 is 13.6. The topological polar surface area (TPSA) is 32.3 Å². The molecule has 1 rings (SSSR count). The van der Waals surface area contributed by atoms with Crippen molar-refractivity contribution in [3.05, 3.63) is 12.7 Å². The smallest absolute Gasteiger partial charge is 0.243 e. The van der Waals surface area contributed by atoms with Crippen molar-refractivity contribution in [2.24, 2.45) is 0 Å². The van der Waals surface area contributed by atoms with Crippen LogP contribution in [0.4, 0.5) is 4.39 Å². The van der Waals surface area contributed by atoms with E-state index in [0.29, 0.717) is 13.1 Å². The third kappa shape index (κ3) is 3.02. The van der Waals surface area contributed by atoms with E-state index in [1.54, 1.807) is 0 Å². The minimum absolute atomic E-state index is 0.0575. The maximum Gasteiger partial charge on any atom is 0.243 e. The Labute approximate surface area is 90.3 Å². The van der Waals surface area contributed by atoms with Gasteiger partial charge in [0.05, 0.1) is 6.04 Å². The van der Waals surface area contributed by atoms with Gasteiger partial charge in [-0.25, -0.2) is 4.39 Å². The summed E-state index contributed by atoms with van der Waals surface area (Å²) in [5, 5.41) is 2.61. The minimum atomic E-state index is -0.992. The summed E-state index contributed by atoms with van der Waals surface area (Å²) in [5.74, 6) is -0.307. The number of halogens is 1. The van der Waals surface area contributed by atoms with Crippen LogP contribution in [0.3, 0.4) is 0 Å². The lowest BCUT2D eigenvalue weighted by molar-refractivity contribution is -0.117. The SMILES string of the molecule is C=CC(=O)NC1CN(C(C)(C)C)CC1F. The van der Waals surface area contributed by atoms with Crippen LogP contribution in [-0.4, -0.2) is 41.6 Å². The number of likely N-dealkylation sites (tertiary alicyclic amines) is 1. The minimum Gasteiger partial charge on any atom is -0.346 e. The molecule has 3 nitrogen and oxygen atoms in total. The fourth-order valence-corrected chi connectivity index (χ4v) is 1.69. The highest BCUT2D eigenvalue weighted by atomic mass is 19.1. The van der Waals surface area contributed by atoms with Gasteiger partial charge in [-0.1, -0.05) is 6.58 Å². The number of amides is 1. The molecule has 0 aliphatic carbocycles. The van der Waals surface area contributed by atoms with Gasteiger partial charge in [0.15, 0.2) is 0 Å². The molecule has 2 atom stereocenters. The van der Waals surface area contributed by atoms with Crippen LogP contribution in [-0.2, 0) is 4.79 Å². The van der Waals surface area contributed by atoms with Gasteiger partial charge in [0, 0.05) is 18.6 Å². The first kappa shape index (κ1) is 12.2. The van der Waals surface area contributed by atoms with Crippen LogP contribution in [0.1, 0.15) is 20.8 Å². The molecule has 15 heavy (non-hydrogen) atoms. The second-order valence-corrected chi connectivity index (χ2v) is 4.91. The number of carbonyl (C=O) groups excluding carboxylic acids is 1. The summed E-state index contributed by atoms with van der Waals surface area (Å²) in [6.07, 6.45) is 0.181. The Bertz CT molecular complexity index is 260. The lowest BCUT2D eigenvalue weighted by atomic mass is 10.1. The van der Waals surface area contributed by atoms with E-state index in [2.05, 4.69) is 11.9 Å². The molecule has 1 amide bonds. The summed E-state index contributed by atoms with van der Waals surface area (Å²) in [6.45, 7) is 10.4. The van der Waals surface area contributed by atoms with Gasteiger partial charge < -0.3 is 5.32 Å². The molecule has 1 saturated heterocycles. The van der Waals surface area contributed by atoms with E-state index in [1.165, 1.54) is 6.08 Å². The Morgan fingerprint density at radius 2 is 2.13 bits per heavy atom. The molecule has 4 heteroatoms. The Morgan fingerprint density at radius 1 is 1.53 bits per heavy atom. The summed E-state index contributed by atoms with van der Waals surface area (Å²) in [5.41, 5.74) is -0.0575. The molecule has 0 aromatic rings. The predicted octanol–water partition coefficient (Wildman–Crippen LogP) is 1.11. The van der Waals surface area contributed by atoms with E-state index in [-0.39, 0.29) is 11.4 Å². The number of nitrogens with one attached hydrogen (secondary N) is 1. The molecule has 2 unspecified atom stereocenters. The van der Waals surface area contributed by atoms with Gasteiger partial charge in [-0.15, -0.1) is 0 Å². The van der Waals surface area contributed by atoms with Gasteiger partial charge in [0.1, 0.15) is 6.17 Å². The van der Waals surface area contributed by atoms with Gasteiger partial charge in [-0.05, 0) is 26.8 Å². The van der Waals surface area contributed by atoms with Crippen LogP contribution in [0.25, 0.3) is 0 Å². The number of nitrogens with zero attached hydrogens (tertiary/aromatic N) is 1. The molecule has 0 radical (unpaired) electrons. The van der Waals surface area contributed by atoms with Gasteiger partial charge in [0.2, 0.25) is 5.91 Å². The van der Waals surface area contributed by atoms with Gasteiger partial charge in [0.25, 0.3) is 0 Å². The summed E-state index contributed by atoms with van der Waals surface area (Å²) >= 11 is 0. The zero-order valence-electron chi connectivity index (χ0n) is 9.59. The normalized spacial score (nSPS) is 27.7. The molecular formula is C11H19FN2O. The maximum atomic E-state index is 13.6. The van der Waals surface area contributed by atoms with Crippen molar-refractivity contribution in [2.45, 2.75) is 38.5 Å². The van der Waals surface area contributed by atoms with E-state index < -0.39 is 12.2 Å². The highest BCUT2D eigenvalue weighted by Crippen LogP contribution is 2.22. The fraction of sp³-hybridized carbons (Fsp3) is 0.727. The molecule has 1 fully saturated rings. The average Bonchev–Trinajstić information content (AvgIpc) is 2.47. The number of alkyl halides is 1. The van der Waals surface area contributed by atoms with E-state index in [9.17, 15) is 9.18 Å². The van der Waals surface area contributed by atoms with Crippen LogP contribution in [0.2, 0.25) is 0 Å². The number of carbonyl (C=O) groups is 1. The van der Waals surface area contributed by atoms with Crippen molar-refractivity contribution in [3.63, 3.8) is 0 Å². The summed E-state index contributed by atoms with van der Waals surface area (Å²) in [7, 11) is 0. The largest absolute Gasteiger partial charge is 0.346 e. The quantitative estimate of drug-likeness (QED) is 0.698. The zero-order valence-corrected chi connectivity index (χ0v) is 9.59. The van der Waals surface area contributed by atoms with Crippen molar-refractivity contribution >= 4 is 5.91 Å². The van der Waals surface area contributed by atoms with E-state index in [1.807, 2.05) is 25.7 Å². The molecule has 0 saturated carbocycles. The van der Waals surface area contributed by atoms with Crippen molar-refractivity contribution < 1.29 is 9.18 Å². The molecule has 0 spiro atoms. The molecule has 0 bridgehead atoms. The van der Waals surface area contributed by atoms with Crippen LogP contribution >= 0.6 is 0 Å². The monoisotopic (exact) mass is 214 g/mol. The van der Waals surface area contributed by atoms with E-state index >= 15 is 0 Å². The summed E-state index contributed by atoms with van der Waals surface area (Å²) in [6, 6.07) is -0.408. The van der Waals surface area contributed by atoms with Gasteiger partial charge >= 0.3 is 0 Å². The van der Waals surface area contributed by atoms with Crippen LogP contribution in [0, 0.1) is 0 Å². The standard InChI is InChI=1S/C11H19FN2O/c1-5-10(15)13-9-7-14(6-8(9)12)11(2,3)4/h5,8-9H,1,6-7H2,2-4H3,(H,13,15). The van der Waals surface area contributed by atoms with Crippen molar-refractivity contribution in [2.75, 3.05) is 13.1 Å². The third-order valence-corrected chi connectivity index (χ3v) is 2.71. The molecular weight excluding hydrogens is 195 g/mol. The third-order valence-electron chi connectivity index (χ3n) is 2.71. The van der Waals surface area contributed by atoms with Crippen LogP contribution in [0.5, 0.6) is 0 Å². The zero-order chi connectivity index (χ0) is 11.6. The fourth-order valence-electron chi connectivity index (χ4n) is 1.69. The Hall–Kier alpha value is -0.900. The lowest BCUT2D eigenvalue weighted by Gasteiger charge is -2.31. The molecule has 1 aliphatic rings. The van der Waals surface area contributed by atoms with Crippen molar-refractivity contribution in [3.8, 4) is 0 Å². The molecule has 1 heterocycles. The van der Waals surface area contributed by atoms with Gasteiger partial charge in [-0.2, -0.15) is 0 Å². The second-order valence-electron chi connectivity index (χ2n) is 4.91. The number of hydrogen-bond donors (Lipinski definition) is 1. The Kier molecular flexibility index (Phi) is 3.50. The first-order chi connectivity index (χ1) is 6.84. The molecule has 1 N–H and O–H groups in total. The lowest BCUT2D eigenvalue weighted by Crippen LogP contribution is -2.43. The van der Waals surface area contributed by atoms with Crippen molar-refractivity contribution in [1.29, 1.82) is 0 Å². The first-order valence-electron chi connectivity index (χ1n) is 5.16. The molecule has 86 valence electrons. The van der Waals surface area contributed by atoms with E-state index in [4.69, 9.17) is 0 Å². The van der Waals surface area contributed by atoms with E-state index in [0.717, 1.165) is 0 Å². The Balaban J connectivity index is 2.57. The highest BCUT2D eigenvalue weighted by Gasteiger charge is 2.38. The average molecular weight is 214 g/mol. The Morgan fingerprint density at radius 3 is 2.53 bits per heavy atom. The number of hydrogen-bond acceptors (Lipinski definition) is 2. The molecule has 1 aliphatic heterocycles. The second kappa shape index (κ2) is 4.31. The molecule has 0 aromatic carbocycles. The first-order valence-corrected chi connectivity index (χ1v) is 5.16. The van der Waals surface area contributed by atoms with Crippen molar-refractivity contribution in [1.82, 2.24) is 10.2 Å².